The maximum absolute atomic E-state index is 12.2. The minimum atomic E-state index is -0.635. The van der Waals surface area contributed by atoms with Gasteiger partial charge in [-0.25, -0.2) is 0 Å². The number of aliphatic hydroxyl groups is 1. The third kappa shape index (κ3) is 2.63. The van der Waals surface area contributed by atoms with E-state index in [2.05, 4.69) is 25.2 Å². The van der Waals surface area contributed by atoms with Crippen LogP contribution >= 0.6 is 0 Å². The van der Waals surface area contributed by atoms with Gasteiger partial charge in [0.25, 0.3) is 0 Å². The van der Waals surface area contributed by atoms with Gasteiger partial charge in [0.05, 0.1) is 5.60 Å². The minimum absolute atomic E-state index is 0.102. The molecule has 2 saturated carbocycles. The van der Waals surface area contributed by atoms with Gasteiger partial charge in [0.1, 0.15) is 5.78 Å². The summed E-state index contributed by atoms with van der Waals surface area (Å²) in [5, 5.41) is 9.86. The Morgan fingerprint density at radius 1 is 1.38 bits per heavy atom. The zero-order chi connectivity index (χ0) is 15.3. The topological polar surface area (TPSA) is 37.3 Å². The summed E-state index contributed by atoms with van der Waals surface area (Å²) < 4.78 is 0. The number of allylic oxidation sites excluding steroid dienone is 3. The van der Waals surface area contributed by atoms with E-state index in [0.717, 1.165) is 25.7 Å². The molecule has 0 aromatic carbocycles. The summed E-state index contributed by atoms with van der Waals surface area (Å²) in [6, 6.07) is 0. The van der Waals surface area contributed by atoms with Gasteiger partial charge < -0.3 is 5.11 Å². The van der Waals surface area contributed by atoms with Gasteiger partial charge in [0, 0.05) is 17.8 Å². The molecule has 2 nitrogen and oxygen atoms in total. The number of hydrogen-bond acceptors (Lipinski definition) is 2. The Balaban J connectivity index is 1.79. The summed E-state index contributed by atoms with van der Waals surface area (Å²) >= 11 is 0. The highest BCUT2D eigenvalue weighted by atomic mass is 16.3. The molecule has 2 atom stereocenters. The summed E-state index contributed by atoms with van der Waals surface area (Å²) in [5.74, 6) is 0.715. The van der Waals surface area contributed by atoms with Crippen LogP contribution in [0.4, 0.5) is 0 Å². The van der Waals surface area contributed by atoms with Crippen LogP contribution in [-0.4, -0.2) is 16.5 Å². The van der Waals surface area contributed by atoms with Crippen LogP contribution in [-0.2, 0) is 4.79 Å². The normalized spacial score (nSPS) is 35.0. The standard InChI is InChI=1S/C19H28O2/c1-17(2,21)9-5-11-19(12-13-19)16-8-7-14-15(20)6-4-10-18(14,16)3/h5,8,11,14,21H,4,6-7,9-10,12-13H2,1-3H3/b11-5+/t14-,18+/m0/s1. The van der Waals surface area contributed by atoms with E-state index < -0.39 is 5.60 Å². The lowest BCUT2D eigenvalue weighted by Gasteiger charge is -2.40. The highest BCUT2D eigenvalue weighted by Crippen LogP contribution is 2.65. The predicted octanol–water partition coefficient (Wildman–Crippen LogP) is 4.19. The molecular weight excluding hydrogens is 260 g/mol. The monoisotopic (exact) mass is 288 g/mol. The second kappa shape index (κ2) is 4.81. The van der Waals surface area contributed by atoms with Gasteiger partial charge in [-0.3, -0.25) is 4.79 Å². The van der Waals surface area contributed by atoms with Crippen LogP contribution in [0.2, 0.25) is 0 Å². The Morgan fingerprint density at radius 2 is 2.10 bits per heavy atom. The van der Waals surface area contributed by atoms with E-state index in [9.17, 15) is 9.90 Å². The van der Waals surface area contributed by atoms with Gasteiger partial charge in [-0.2, -0.15) is 0 Å². The molecule has 21 heavy (non-hydrogen) atoms. The molecule has 0 saturated heterocycles. The predicted molar refractivity (Wildman–Crippen MR) is 84.9 cm³/mol. The third-order valence-electron chi connectivity index (χ3n) is 5.83. The summed E-state index contributed by atoms with van der Waals surface area (Å²) in [5.41, 5.74) is 1.20. The van der Waals surface area contributed by atoms with Crippen molar-refractivity contribution < 1.29 is 9.90 Å². The average Bonchev–Trinajstić information content (AvgIpc) is 3.03. The number of fused-ring (bicyclic) bond motifs is 1. The fraction of sp³-hybridized carbons (Fsp3) is 0.737. The summed E-state index contributed by atoms with van der Waals surface area (Å²) in [6.07, 6.45) is 13.9. The van der Waals surface area contributed by atoms with E-state index in [4.69, 9.17) is 0 Å². The molecular formula is C19H28O2. The quantitative estimate of drug-likeness (QED) is 0.788. The van der Waals surface area contributed by atoms with E-state index in [1.165, 1.54) is 18.4 Å². The summed E-state index contributed by atoms with van der Waals surface area (Å²) in [6.45, 7) is 6.02. The van der Waals surface area contributed by atoms with Crippen molar-refractivity contribution in [2.45, 2.75) is 71.3 Å². The molecule has 1 N–H and O–H groups in total. The number of carbonyl (C=O) groups is 1. The number of ketones is 1. The van der Waals surface area contributed by atoms with Crippen molar-refractivity contribution in [2.24, 2.45) is 16.7 Å². The molecule has 2 fully saturated rings. The highest BCUT2D eigenvalue weighted by Gasteiger charge is 2.56. The minimum Gasteiger partial charge on any atom is -0.390 e. The van der Waals surface area contributed by atoms with Crippen molar-refractivity contribution in [3.8, 4) is 0 Å². The van der Waals surface area contributed by atoms with Gasteiger partial charge in [0.2, 0.25) is 0 Å². The molecule has 0 amide bonds. The Hall–Kier alpha value is -0.890. The van der Waals surface area contributed by atoms with E-state index in [1.807, 2.05) is 13.8 Å². The lowest BCUT2D eigenvalue weighted by molar-refractivity contribution is -0.128. The maximum Gasteiger partial charge on any atom is 0.137 e. The number of hydrogen-bond donors (Lipinski definition) is 1. The van der Waals surface area contributed by atoms with Gasteiger partial charge in [-0.05, 0) is 57.8 Å². The van der Waals surface area contributed by atoms with Crippen LogP contribution in [0, 0.1) is 16.7 Å². The van der Waals surface area contributed by atoms with Gasteiger partial charge in [-0.1, -0.05) is 30.7 Å². The molecule has 0 aromatic heterocycles. The molecule has 116 valence electrons. The van der Waals surface area contributed by atoms with Crippen LogP contribution in [0.25, 0.3) is 0 Å². The fourth-order valence-electron chi connectivity index (χ4n) is 4.52. The lowest BCUT2D eigenvalue weighted by Crippen LogP contribution is -2.37. The number of rotatable bonds is 4. The third-order valence-corrected chi connectivity index (χ3v) is 5.83. The molecule has 0 aromatic rings. The van der Waals surface area contributed by atoms with Gasteiger partial charge in [-0.15, -0.1) is 0 Å². The molecule has 0 heterocycles. The smallest absolute Gasteiger partial charge is 0.137 e. The first-order chi connectivity index (χ1) is 9.77. The number of carbonyl (C=O) groups excluding carboxylic acids is 1. The highest BCUT2D eigenvalue weighted by molar-refractivity contribution is 5.84. The molecule has 3 rings (SSSR count). The van der Waals surface area contributed by atoms with Crippen LogP contribution < -0.4 is 0 Å². The Kier molecular flexibility index (Phi) is 3.44. The lowest BCUT2D eigenvalue weighted by atomic mass is 9.63. The largest absolute Gasteiger partial charge is 0.390 e. The Labute approximate surface area is 128 Å². The average molecular weight is 288 g/mol. The first-order valence-electron chi connectivity index (χ1n) is 8.41. The van der Waals surface area contributed by atoms with E-state index in [1.54, 1.807) is 0 Å². The fourth-order valence-corrected chi connectivity index (χ4v) is 4.52. The summed E-state index contributed by atoms with van der Waals surface area (Å²) in [7, 11) is 0. The van der Waals surface area contributed by atoms with Crippen LogP contribution in [0.15, 0.2) is 23.8 Å². The Bertz CT molecular complexity index is 502. The molecule has 0 spiro atoms. The van der Waals surface area contributed by atoms with Crippen molar-refractivity contribution in [2.75, 3.05) is 0 Å². The molecule has 0 unspecified atom stereocenters. The van der Waals surface area contributed by atoms with Crippen molar-refractivity contribution >= 4 is 5.78 Å². The van der Waals surface area contributed by atoms with Crippen molar-refractivity contribution in [1.29, 1.82) is 0 Å². The SMILES string of the molecule is CC(C)(O)C/C=C/C1(C2=CC[C@H]3C(=O)CCC[C@@]23C)CC1. The number of Topliss-reactive ketones (excluding diaryl/α,β-unsaturated/α-hetero) is 1. The first kappa shape index (κ1) is 15.0. The zero-order valence-corrected chi connectivity index (χ0v) is 13.6. The maximum atomic E-state index is 12.2. The van der Waals surface area contributed by atoms with Crippen LogP contribution in [0.1, 0.15) is 65.7 Å². The second-order valence-corrected chi connectivity index (χ2v) is 8.22. The second-order valence-electron chi connectivity index (χ2n) is 8.22. The van der Waals surface area contributed by atoms with E-state index in [-0.39, 0.29) is 16.7 Å². The van der Waals surface area contributed by atoms with Crippen LogP contribution in [0.5, 0.6) is 0 Å². The van der Waals surface area contributed by atoms with E-state index in [0.29, 0.717) is 12.2 Å². The first-order valence-corrected chi connectivity index (χ1v) is 8.41. The molecule has 0 radical (unpaired) electrons. The van der Waals surface area contributed by atoms with Crippen LogP contribution in [0.3, 0.4) is 0 Å². The van der Waals surface area contributed by atoms with Crippen molar-refractivity contribution in [3.63, 3.8) is 0 Å². The van der Waals surface area contributed by atoms with Gasteiger partial charge in [0.15, 0.2) is 0 Å². The van der Waals surface area contributed by atoms with Crippen molar-refractivity contribution in [1.82, 2.24) is 0 Å². The molecule has 0 bridgehead atoms. The molecule has 0 aliphatic heterocycles. The molecule has 3 aliphatic carbocycles. The molecule has 3 aliphatic rings. The van der Waals surface area contributed by atoms with E-state index >= 15 is 0 Å². The van der Waals surface area contributed by atoms with Gasteiger partial charge >= 0.3 is 0 Å². The Morgan fingerprint density at radius 3 is 2.71 bits per heavy atom. The molecule has 2 heteroatoms. The summed E-state index contributed by atoms with van der Waals surface area (Å²) in [4.78, 5) is 12.2. The van der Waals surface area contributed by atoms with Crippen molar-refractivity contribution in [3.05, 3.63) is 23.8 Å². The zero-order valence-electron chi connectivity index (χ0n) is 13.6.